The molecule has 0 amide bonds. The van der Waals surface area contributed by atoms with Crippen molar-refractivity contribution in [2.75, 3.05) is 6.54 Å². The van der Waals surface area contributed by atoms with Crippen LogP contribution < -0.4 is 0 Å². The van der Waals surface area contributed by atoms with Crippen molar-refractivity contribution in [1.29, 1.82) is 0 Å². The van der Waals surface area contributed by atoms with Gasteiger partial charge in [-0.1, -0.05) is 23.7 Å². The minimum absolute atomic E-state index is 0.550. The third kappa shape index (κ3) is 2.37. The Bertz CT molecular complexity index is 481. The molecule has 0 radical (unpaired) electrons. The van der Waals surface area contributed by atoms with E-state index in [-0.39, 0.29) is 0 Å². The van der Waals surface area contributed by atoms with Gasteiger partial charge in [0.1, 0.15) is 0 Å². The fraction of sp³-hybridized carbons (Fsp3) is 0.308. The van der Waals surface area contributed by atoms with Gasteiger partial charge in [-0.25, -0.2) is 0 Å². The zero-order valence-corrected chi connectivity index (χ0v) is 10.9. The summed E-state index contributed by atoms with van der Waals surface area (Å²) in [5.41, 5.74) is 3.26. The number of halogens is 1. The Morgan fingerprint density at radius 2 is 2.18 bits per heavy atom. The van der Waals surface area contributed by atoms with Crippen LogP contribution in [-0.4, -0.2) is 16.4 Å². The Kier molecular flexibility index (Phi) is 3.14. The quantitative estimate of drug-likeness (QED) is 0.840. The van der Waals surface area contributed by atoms with Gasteiger partial charge in [0.05, 0.1) is 5.51 Å². The predicted molar refractivity (Wildman–Crippen MR) is 71.3 cm³/mol. The van der Waals surface area contributed by atoms with Crippen LogP contribution in [0.2, 0.25) is 5.02 Å². The summed E-state index contributed by atoms with van der Waals surface area (Å²) in [6.07, 6.45) is 3.20. The first-order valence-corrected chi connectivity index (χ1v) is 6.95. The molecule has 0 N–H and O–H groups in total. The molecule has 2 heterocycles. The third-order valence-corrected chi connectivity index (χ3v) is 4.24. The molecular formula is C13H13ClN2S. The van der Waals surface area contributed by atoms with E-state index < -0.39 is 0 Å². The number of benzene rings is 1. The van der Waals surface area contributed by atoms with Crippen LogP contribution in [0, 0.1) is 0 Å². The third-order valence-electron chi connectivity index (χ3n) is 3.23. The summed E-state index contributed by atoms with van der Waals surface area (Å²) in [6.45, 7) is 2.18. The van der Waals surface area contributed by atoms with E-state index >= 15 is 0 Å². The molecule has 17 heavy (non-hydrogen) atoms. The zero-order valence-electron chi connectivity index (χ0n) is 9.34. The van der Waals surface area contributed by atoms with Crippen molar-refractivity contribution >= 4 is 22.9 Å². The van der Waals surface area contributed by atoms with Crippen LogP contribution in [0.15, 0.2) is 36.0 Å². The lowest BCUT2D eigenvalue weighted by Crippen LogP contribution is -2.39. The Labute approximate surface area is 110 Å². The number of nitrogens with zero attached hydrogens (tertiary/aromatic N) is 2. The van der Waals surface area contributed by atoms with E-state index in [0.717, 1.165) is 11.6 Å². The van der Waals surface area contributed by atoms with Gasteiger partial charge in [0.2, 0.25) is 0 Å². The van der Waals surface area contributed by atoms with Crippen LogP contribution in [0.1, 0.15) is 22.9 Å². The average molecular weight is 265 g/mol. The fourth-order valence-corrected chi connectivity index (χ4v) is 2.96. The second-order valence-corrected chi connectivity index (χ2v) is 5.70. The zero-order chi connectivity index (χ0) is 11.7. The van der Waals surface area contributed by atoms with Gasteiger partial charge in [-0.15, -0.1) is 11.3 Å². The van der Waals surface area contributed by atoms with Crippen LogP contribution >= 0.6 is 22.9 Å². The van der Waals surface area contributed by atoms with Crippen molar-refractivity contribution in [3.05, 3.63) is 51.4 Å². The highest BCUT2D eigenvalue weighted by Gasteiger charge is 2.29. The minimum atomic E-state index is 0.550. The van der Waals surface area contributed by atoms with Gasteiger partial charge in [0.15, 0.2) is 0 Å². The Hall–Kier alpha value is -0.900. The normalized spacial score (nSPS) is 20.2. The highest BCUT2D eigenvalue weighted by atomic mass is 35.5. The van der Waals surface area contributed by atoms with Gasteiger partial charge in [-0.2, -0.15) is 0 Å². The summed E-state index contributed by atoms with van der Waals surface area (Å²) in [5, 5.41) is 0.807. The van der Waals surface area contributed by atoms with Crippen LogP contribution in [-0.2, 0) is 6.54 Å². The minimum Gasteiger partial charge on any atom is -0.291 e. The number of hydrogen-bond donors (Lipinski definition) is 0. The molecule has 1 aromatic heterocycles. The molecule has 2 nitrogen and oxygen atoms in total. The molecule has 0 saturated carbocycles. The fourth-order valence-electron chi connectivity index (χ4n) is 2.21. The number of hydrogen-bond acceptors (Lipinski definition) is 3. The van der Waals surface area contributed by atoms with Crippen molar-refractivity contribution in [2.45, 2.75) is 19.0 Å². The molecule has 1 aromatic carbocycles. The average Bonchev–Trinajstić information content (AvgIpc) is 2.80. The first kappa shape index (κ1) is 11.2. The summed E-state index contributed by atoms with van der Waals surface area (Å²) in [4.78, 5) is 7.94. The van der Waals surface area contributed by atoms with E-state index in [1.54, 1.807) is 11.3 Å². The monoisotopic (exact) mass is 264 g/mol. The lowest BCUT2D eigenvalue weighted by molar-refractivity contribution is 0.0831. The molecule has 1 aliphatic rings. The summed E-state index contributed by atoms with van der Waals surface area (Å²) < 4.78 is 0. The van der Waals surface area contributed by atoms with Crippen LogP contribution in [0.3, 0.4) is 0 Å². The van der Waals surface area contributed by atoms with Gasteiger partial charge in [0, 0.05) is 35.2 Å². The smallest absolute Gasteiger partial charge is 0.0794 e. The molecule has 0 spiro atoms. The molecule has 0 bridgehead atoms. The molecule has 1 aliphatic heterocycles. The predicted octanol–water partition coefficient (Wildman–Crippen LogP) is 3.74. The van der Waals surface area contributed by atoms with E-state index in [4.69, 9.17) is 11.6 Å². The molecule has 1 saturated heterocycles. The standard InChI is InChI=1S/C13H13ClN2S/c14-11-3-1-10(2-4-11)13-5-6-16(13)8-12-7-15-9-17-12/h1-4,7,9,13H,5-6,8H2. The molecule has 1 fully saturated rings. The lowest BCUT2D eigenvalue weighted by atomic mass is 9.95. The van der Waals surface area contributed by atoms with Gasteiger partial charge in [-0.3, -0.25) is 9.88 Å². The van der Waals surface area contributed by atoms with Gasteiger partial charge in [0.25, 0.3) is 0 Å². The lowest BCUT2D eigenvalue weighted by Gasteiger charge is -2.41. The maximum absolute atomic E-state index is 5.91. The first-order chi connectivity index (χ1) is 8.33. The molecule has 1 atom stereocenters. The van der Waals surface area contributed by atoms with Gasteiger partial charge >= 0.3 is 0 Å². The number of aromatic nitrogens is 1. The molecule has 2 aromatic rings. The Morgan fingerprint density at radius 3 is 2.76 bits per heavy atom. The van der Waals surface area contributed by atoms with Crippen LogP contribution in [0.5, 0.6) is 0 Å². The number of likely N-dealkylation sites (tertiary alicyclic amines) is 1. The van der Waals surface area contributed by atoms with Crippen molar-refractivity contribution < 1.29 is 0 Å². The van der Waals surface area contributed by atoms with Crippen molar-refractivity contribution in [3.8, 4) is 0 Å². The topological polar surface area (TPSA) is 16.1 Å². The maximum atomic E-state index is 5.91. The van der Waals surface area contributed by atoms with Crippen molar-refractivity contribution in [2.24, 2.45) is 0 Å². The van der Waals surface area contributed by atoms with E-state index in [1.165, 1.54) is 23.4 Å². The molecule has 0 aliphatic carbocycles. The second-order valence-electron chi connectivity index (χ2n) is 4.29. The summed E-state index contributed by atoms with van der Waals surface area (Å²) in [7, 11) is 0. The van der Waals surface area contributed by atoms with Crippen molar-refractivity contribution in [3.63, 3.8) is 0 Å². The molecule has 1 unspecified atom stereocenters. The largest absolute Gasteiger partial charge is 0.291 e. The van der Waals surface area contributed by atoms with Crippen LogP contribution in [0.4, 0.5) is 0 Å². The Morgan fingerprint density at radius 1 is 1.35 bits per heavy atom. The molecule has 3 rings (SSSR count). The molecule has 88 valence electrons. The number of thiazole rings is 1. The molecule has 4 heteroatoms. The highest BCUT2D eigenvalue weighted by molar-refractivity contribution is 7.09. The van der Waals surface area contributed by atoms with E-state index in [2.05, 4.69) is 22.0 Å². The molecular weight excluding hydrogens is 252 g/mol. The van der Waals surface area contributed by atoms with E-state index in [1.807, 2.05) is 23.8 Å². The highest BCUT2D eigenvalue weighted by Crippen LogP contribution is 2.35. The van der Waals surface area contributed by atoms with Gasteiger partial charge in [-0.05, 0) is 24.1 Å². The summed E-state index contributed by atoms with van der Waals surface area (Å²) in [5.74, 6) is 0. The summed E-state index contributed by atoms with van der Waals surface area (Å²) >= 11 is 7.64. The van der Waals surface area contributed by atoms with E-state index in [0.29, 0.717) is 6.04 Å². The van der Waals surface area contributed by atoms with Crippen molar-refractivity contribution in [1.82, 2.24) is 9.88 Å². The Balaban J connectivity index is 1.70. The van der Waals surface area contributed by atoms with Crippen LogP contribution in [0.25, 0.3) is 0 Å². The number of rotatable bonds is 3. The van der Waals surface area contributed by atoms with E-state index in [9.17, 15) is 0 Å². The maximum Gasteiger partial charge on any atom is 0.0794 e. The summed E-state index contributed by atoms with van der Waals surface area (Å²) in [6, 6.07) is 8.76. The van der Waals surface area contributed by atoms with Gasteiger partial charge < -0.3 is 0 Å². The second kappa shape index (κ2) is 4.77. The first-order valence-electron chi connectivity index (χ1n) is 5.70. The SMILES string of the molecule is Clc1ccc(C2CCN2Cc2cncs2)cc1.